The number of nitrogens with zero attached hydrogens (tertiary/aromatic N) is 2. The molecule has 0 atom stereocenters. The van der Waals surface area contributed by atoms with E-state index in [0.29, 0.717) is 13.1 Å². The maximum Gasteiger partial charge on any atom is 0.292 e. The lowest BCUT2D eigenvalue weighted by Gasteiger charge is -2.16. The van der Waals surface area contributed by atoms with Gasteiger partial charge in [-0.25, -0.2) is 0 Å². The van der Waals surface area contributed by atoms with Crippen molar-refractivity contribution in [3.05, 3.63) is 52.9 Å². The highest BCUT2D eigenvalue weighted by Crippen LogP contribution is 2.14. The Kier molecular flexibility index (Phi) is 4.75. The first kappa shape index (κ1) is 14.8. The summed E-state index contributed by atoms with van der Waals surface area (Å²) in [4.78, 5) is 13.9. The third-order valence-electron chi connectivity index (χ3n) is 3.04. The summed E-state index contributed by atoms with van der Waals surface area (Å²) in [5.41, 5.74) is 7.96. The van der Waals surface area contributed by atoms with E-state index < -0.39 is 0 Å². The van der Waals surface area contributed by atoms with Gasteiger partial charge >= 0.3 is 0 Å². The molecule has 0 saturated heterocycles. The summed E-state index contributed by atoms with van der Waals surface area (Å²) < 4.78 is 4.99. The van der Waals surface area contributed by atoms with Crippen LogP contribution in [0.4, 0.5) is 0 Å². The molecular weight excluding hydrogens is 266 g/mol. The molecule has 2 N–H and O–H groups in total. The quantitative estimate of drug-likeness (QED) is 0.868. The fourth-order valence-electron chi connectivity index (χ4n) is 1.92. The van der Waals surface area contributed by atoms with Gasteiger partial charge in [-0.3, -0.25) is 4.79 Å². The summed E-state index contributed by atoms with van der Waals surface area (Å²) in [6, 6.07) is 7.68. The lowest BCUT2D eigenvalue weighted by Crippen LogP contribution is -2.26. The van der Waals surface area contributed by atoms with Gasteiger partial charge in [-0.2, -0.15) is 0 Å². The van der Waals surface area contributed by atoms with Crippen LogP contribution in [0.15, 0.2) is 35.0 Å². The van der Waals surface area contributed by atoms with E-state index in [1.165, 1.54) is 6.20 Å². The minimum Gasteiger partial charge on any atom is -0.351 e. The van der Waals surface area contributed by atoms with Gasteiger partial charge < -0.3 is 15.2 Å². The second-order valence-corrected chi connectivity index (χ2v) is 4.66. The van der Waals surface area contributed by atoms with Gasteiger partial charge in [0, 0.05) is 24.7 Å². The first-order chi connectivity index (χ1) is 10.1. The summed E-state index contributed by atoms with van der Waals surface area (Å²) in [5.74, 6) is 5.91. The molecule has 1 amide bonds. The second kappa shape index (κ2) is 6.73. The predicted molar refractivity (Wildman–Crippen MR) is 79.4 cm³/mol. The molecule has 21 heavy (non-hydrogen) atoms. The van der Waals surface area contributed by atoms with Crippen LogP contribution in [0, 0.1) is 18.8 Å². The van der Waals surface area contributed by atoms with Crippen LogP contribution in [0.25, 0.3) is 0 Å². The van der Waals surface area contributed by atoms with Crippen LogP contribution in [0.5, 0.6) is 0 Å². The number of benzene rings is 1. The van der Waals surface area contributed by atoms with E-state index in [0.717, 1.165) is 16.7 Å². The number of hydrogen-bond donors (Lipinski definition) is 1. The molecule has 108 valence electrons. The van der Waals surface area contributed by atoms with Crippen molar-refractivity contribution in [2.75, 3.05) is 13.6 Å². The number of hydrogen-bond acceptors (Lipinski definition) is 4. The third kappa shape index (κ3) is 3.50. The molecule has 1 aromatic heterocycles. The molecule has 2 aromatic rings. The van der Waals surface area contributed by atoms with E-state index in [2.05, 4.69) is 17.0 Å². The molecule has 0 unspecified atom stereocenters. The number of amides is 1. The summed E-state index contributed by atoms with van der Waals surface area (Å²) in [7, 11) is 1.72. The number of aryl methyl sites for hydroxylation is 1. The van der Waals surface area contributed by atoms with Gasteiger partial charge in [-0.15, -0.1) is 0 Å². The van der Waals surface area contributed by atoms with E-state index in [1.54, 1.807) is 18.9 Å². The lowest BCUT2D eigenvalue weighted by molar-refractivity contribution is 0.0742. The Labute approximate surface area is 123 Å². The maximum atomic E-state index is 12.3. The van der Waals surface area contributed by atoms with Crippen molar-refractivity contribution in [1.82, 2.24) is 10.1 Å². The van der Waals surface area contributed by atoms with Crippen molar-refractivity contribution in [3.63, 3.8) is 0 Å². The molecule has 5 nitrogen and oxygen atoms in total. The summed E-state index contributed by atoms with van der Waals surface area (Å²) in [5, 5.41) is 3.63. The average molecular weight is 283 g/mol. The summed E-state index contributed by atoms with van der Waals surface area (Å²) in [6.07, 6.45) is 1.53. The van der Waals surface area contributed by atoms with Crippen molar-refractivity contribution in [2.24, 2.45) is 5.73 Å². The van der Waals surface area contributed by atoms with E-state index in [9.17, 15) is 4.79 Å². The van der Waals surface area contributed by atoms with Crippen LogP contribution in [-0.2, 0) is 6.54 Å². The Morgan fingerprint density at radius 2 is 2.19 bits per heavy atom. The molecule has 0 radical (unpaired) electrons. The minimum atomic E-state index is -0.202. The van der Waals surface area contributed by atoms with E-state index in [4.69, 9.17) is 10.3 Å². The van der Waals surface area contributed by atoms with Crippen molar-refractivity contribution in [3.8, 4) is 11.8 Å². The summed E-state index contributed by atoms with van der Waals surface area (Å²) >= 11 is 0. The topological polar surface area (TPSA) is 72.4 Å². The Bertz CT molecular complexity index is 695. The molecule has 0 bridgehead atoms. The second-order valence-electron chi connectivity index (χ2n) is 4.66. The first-order valence-electron chi connectivity index (χ1n) is 6.57. The molecule has 1 heterocycles. The summed E-state index contributed by atoms with van der Waals surface area (Å²) in [6.45, 7) is 2.53. The third-order valence-corrected chi connectivity index (χ3v) is 3.04. The van der Waals surface area contributed by atoms with Gasteiger partial charge in [-0.1, -0.05) is 35.2 Å². The Morgan fingerprint density at radius 3 is 2.86 bits per heavy atom. The number of carbonyl (C=O) groups is 1. The van der Waals surface area contributed by atoms with Crippen LogP contribution < -0.4 is 5.73 Å². The zero-order valence-electron chi connectivity index (χ0n) is 12.1. The molecule has 1 aromatic carbocycles. The van der Waals surface area contributed by atoms with Crippen LogP contribution in [-0.4, -0.2) is 29.6 Å². The van der Waals surface area contributed by atoms with Crippen molar-refractivity contribution in [2.45, 2.75) is 13.5 Å². The fraction of sp³-hybridized carbons (Fsp3) is 0.250. The molecule has 0 aliphatic carbocycles. The maximum absolute atomic E-state index is 12.3. The average Bonchev–Trinajstić information content (AvgIpc) is 2.91. The number of aromatic nitrogens is 1. The van der Waals surface area contributed by atoms with E-state index in [-0.39, 0.29) is 11.7 Å². The van der Waals surface area contributed by atoms with E-state index in [1.807, 2.05) is 24.3 Å². The van der Waals surface area contributed by atoms with Crippen LogP contribution >= 0.6 is 0 Å². The smallest absolute Gasteiger partial charge is 0.292 e. The predicted octanol–water partition coefficient (Wildman–Crippen LogP) is 1.57. The van der Waals surface area contributed by atoms with Crippen LogP contribution in [0.2, 0.25) is 0 Å². The van der Waals surface area contributed by atoms with Crippen molar-refractivity contribution < 1.29 is 9.32 Å². The minimum absolute atomic E-state index is 0.202. The molecule has 0 spiro atoms. The van der Waals surface area contributed by atoms with Gasteiger partial charge in [-0.05, 0) is 18.6 Å². The van der Waals surface area contributed by atoms with Gasteiger partial charge in [0.2, 0.25) is 5.76 Å². The Morgan fingerprint density at radius 1 is 1.43 bits per heavy atom. The molecule has 0 fully saturated rings. The monoisotopic (exact) mass is 283 g/mol. The number of carbonyl (C=O) groups excluding carboxylic acids is 1. The largest absolute Gasteiger partial charge is 0.351 e. The molecule has 0 aliphatic heterocycles. The highest BCUT2D eigenvalue weighted by molar-refractivity contribution is 5.92. The normalized spacial score (nSPS) is 9.86. The first-order valence-corrected chi connectivity index (χ1v) is 6.57. The fourth-order valence-corrected chi connectivity index (χ4v) is 1.92. The van der Waals surface area contributed by atoms with Gasteiger partial charge in [0.1, 0.15) is 0 Å². The molecule has 5 heteroatoms. The van der Waals surface area contributed by atoms with E-state index >= 15 is 0 Å². The molecule has 0 aliphatic rings. The van der Waals surface area contributed by atoms with Gasteiger partial charge in [0.05, 0.1) is 12.7 Å². The number of rotatable bonds is 3. The van der Waals surface area contributed by atoms with Gasteiger partial charge in [0.25, 0.3) is 5.91 Å². The zero-order chi connectivity index (χ0) is 15.2. The number of nitrogens with two attached hydrogens (primary N) is 1. The molecule has 0 saturated carbocycles. The van der Waals surface area contributed by atoms with Crippen molar-refractivity contribution >= 4 is 5.91 Å². The highest BCUT2D eigenvalue weighted by atomic mass is 16.5. The SMILES string of the molecule is Cc1cnoc1C(=O)N(C)Cc1ccccc1C#CCN. The molecule has 2 rings (SSSR count). The Hall–Kier alpha value is -2.58. The van der Waals surface area contributed by atoms with Gasteiger partial charge in [0.15, 0.2) is 0 Å². The van der Waals surface area contributed by atoms with Crippen molar-refractivity contribution in [1.29, 1.82) is 0 Å². The highest BCUT2D eigenvalue weighted by Gasteiger charge is 2.19. The lowest BCUT2D eigenvalue weighted by atomic mass is 10.1. The zero-order valence-corrected chi connectivity index (χ0v) is 12.1. The standard InChI is InChI=1S/C16H17N3O2/c1-12-10-18-21-15(12)16(20)19(2)11-14-7-4-3-6-13(14)8-5-9-17/h3-4,6-7,10H,9,11,17H2,1-2H3. The Balaban J connectivity index is 2.18. The van der Waals surface area contributed by atoms with Crippen LogP contribution in [0.3, 0.4) is 0 Å². The van der Waals surface area contributed by atoms with Crippen LogP contribution in [0.1, 0.15) is 27.2 Å². The molecular formula is C16H17N3O2.